The Labute approximate surface area is 102 Å². The van der Waals surface area contributed by atoms with Crippen molar-refractivity contribution in [3.05, 3.63) is 24.3 Å². The summed E-state index contributed by atoms with van der Waals surface area (Å²) in [5.41, 5.74) is 0. The first-order valence-corrected chi connectivity index (χ1v) is 11.1. The first-order chi connectivity index (χ1) is 7.48. The average molecular weight is 254 g/mol. The Bertz CT molecular complexity index is 329. The molecule has 0 radical (unpaired) electrons. The van der Waals surface area contributed by atoms with E-state index in [0.29, 0.717) is 0 Å². The molecule has 0 aliphatic rings. The van der Waals surface area contributed by atoms with E-state index in [0.717, 1.165) is 5.75 Å². The van der Waals surface area contributed by atoms with Crippen LogP contribution >= 0.6 is 7.92 Å². The van der Waals surface area contributed by atoms with Gasteiger partial charge in [0.15, 0.2) is 0 Å². The molecule has 0 atom stereocenters. The number of para-hydroxylation sites is 1. The van der Waals surface area contributed by atoms with Crippen molar-refractivity contribution in [1.82, 2.24) is 0 Å². The second-order valence-electron chi connectivity index (χ2n) is 4.85. The quantitative estimate of drug-likeness (QED) is 0.569. The highest BCUT2D eigenvalue weighted by Gasteiger charge is 2.19. The lowest BCUT2D eigenvalue weighted by atomic mass is 10.3. The van der Waals surface area contributed by atoms with Gasteiger partial charge >= 0.3 is 0 Å². The third-order valence-corrected chi connectivity index (χ3v) is 5.80. The second kappa shape index (κ2) is 5.84. The lowest BCUT2D eigenvalue weighted by molar-refractivity contribution is 0.562. The van der Waals surface area contributed by atoms with Gasteiger partial charge in [-0.2, -0.15) is 0 Å². The van der Waals surface area contributed by atoms with Gasteiger partial charge in [-0.15, -0.1) is 0 Å². The lowest BCUT2D eigenvalue weighted by Gasteiger charge is -2.24. The third kappa shape index (κ3) is 3.91. The minimum Gasteiger partial charge on any atom is -0.544 e. The molecule has 0 bridgehead atoms. The van der Waals surface area contributed by atoms with Gasteiger partial charge in [0.25, 0.3) is 0 Å². The normalized spacial score (nSPS) is 11.9. The SMILES string of the molecule is CCP(CC)c1ccccc1O[Si](C)(C)C. The van der Waals surface area contributed by atoms with Gasteiger partial charge < -0.3 is 4.43 Å². The molecule has 0 aliphatic heterocycles. The average Bonchev–Trinajstić information content (AvgIpc) is 2.20. The van der Waals surface area contributed by atoms with E-state index in [2.05, 4.69) is 57.8 Å². The van der Waals surface area contributed by atoms with Crippen molar-refractivity contribution in [1.29, 1.82) is 0 Å². The summed E-state index contributed by atoms with van der Waals surface area (Å²) in [6, 6.07) is 8.59. The maximum Gasteiger partial charge on any atom is 0.242 e. The molecule has 0 saturated carbocycles. The van der Waals surface area contributed by atoms with Gasteiger partial charge in [0, 0.05) is 5.30 Å². The molecule has 1 aromatic carbocycles. The second-order valence-corrected chi connectivity index (χ2v) is 12.1. The summed E-state index contributed by atoms with van der Waals surface area (Å²) in [6.45, 7) is 11.3. The molecule has 0 heterocycles. The smallest absolute Gasteiger partial charge is 0.242 e. The monoisotopic (exact) mass is 254 g/mol. The summed E-state index contributed by atoms with van der Waals surface area (Å²) < 4.78 is 6.17. The highest BCUT2D eigenvalue weighted by molar-refractivity contribution is 7.65. The topological polar surface area (TPSA) is 9.23 Å². The van der Waals surface area contributed by atoms with Crippen LogP contribution in [-0.4, -0.2) is 20.6 Å². The van der Waals surface area contributed by atoms with Crippen molar-refractivity contribution in [2.45, 2.75) is 33.5 Å². The molecule has 0 spiro atoms. The molecule has 0 unspecified atom stereocenters. The van der Waals surface area contributed by atoms with Crippen molar-refractivity contribution in [2.24, 2.45) is 0 Å². The number of rotatable bonds is 5. The molecule has 0 amide bonds. The first-order valence-electron chi connectivity index (χ1n) is 6.01. The van der Waals surface area contributed by atoms with Gasteiger partial charge in [-0.05, 0) is 38.0 Å². The van der Waals surface area contributed by atoms with Crippen LogP contribution in [0.25, 0.3) is 0 Å². The number of hydrogen-bond acceptors (Lipinski definition) is 1. The molecule has 3 heteroatoms. The van der Waals surface area contributed by atoms with Crippen LogP contribution in [-0.2, 0) is 0 Å². The van der Waals surface area contributed by atoms with E-state index < -0.39 is 8.32 Å². The summed E-state index contributed by atoms with van der Waals surface area (Å²) in [7, 11) is -1.52. The maximum absolute atomic E-state index is 6.17. The van der Waals surface area contributed by atoms with E-state index in [1.807, 2.05) is 0 Å². The van der Waals surface area contributed by atoms with Gasteiger partial charge in [-0.3, -0.25) is 0 Å². The Kier molecular flexibility index (Phi) is 5.01. The lowest BCUT2D eigenvalue weighted by Crippen LogP contribution is -2.31. The highest BCUT2D eigenvalue weighted by Crippen LogP contribution is 2.37. The first kappa shape index (κ1) is 13.7. The zero-order chi connectivity index (χ0) is 12.2. The minimum absolute atomic E-state index is 0.0279. The summed E-state index contributed by atoms with van der Waals surface area (Å²) in [5.74, 6) is 1.14. The summed E-state index contributed by atoms with van der Waals surface area (Å²) in [4.78, 5) is 0. The molecule has 0 aliphatic carbocycles. The van der Waals surface area contributed by atoms with E-state index in [1.54, 1.807) is 0 Å². The minimum atomic E-state index is -1.49. The maximum atomic E-state index is 6.17. The molecular weight excluding hydrogens is 231 g/mol. The molecule has 1 rings (SSSR count). The van der Waals surface area contributed by atoms with Crippen LogP contribution in [0.5, 0.6) is 5.75 Å². The Morgan fingerprint density at radius 2 is 1.62 bits per heavy atom. The Morgan fingerprint density at radius 3 is 2.12 bits per heavy atom. The van der Waals surface area contributed by atoms with Gasteiger partial charge in [0.05, 0.1) is 0 Å². The molecule has 90 valence electrons. The largest absolute Gasteiger partial charge is 0.544 e. The van der Waals surface area contributed by atoms with E-state index in [1.165, 1.54) is 17.6 Å². The van der Waals surface area contributed by atoms with Crippen LogP contribution in [0, 0.1) is 0 Å². The zero-order valence-corrected chi connectivity index (χ0v) is 13.0. The third-order valence-electron chi connectivity index (χ3n) is 2.39. The standard InChI is InChI=1S/C13H23OPSi/c1-6-15(7-2)13-11-9-8-10-12(13)14-16(3,4)5/h8-11H,6-7H2,1-5H3. The van der Waals surface area contributed by atoms with Crippen molar-refractivity contribution in [3.63, 3.8) is 0 Å². The van der Waals surface area contributed by atoms with Crippen molar-refractivity contribution in [2.75, 3.05) is 12.3 Å². The number of benzene rings is 1. The molecule has 1 aromatic rings. The van der Waals surface area contributed by atoms with E-state index in [4.69, 9.17) is 4.43 Å². The summed E-state index contributed by atoms with van der Waals surface area (Å²) in [6.07, 6.45) is 2.50. The predicted octanol–water partition coefficient (Wildman–Crippen LogP) is 4.05. The molecule has 16 heavy (non-hydrogen) atoms. The van der Waals surface area contributed by atoms with E-state index >= 15 is 0 Å². The van der Waals surface area contributed by atoms with Crippen molar-refractivity contribution in [3.8, 4) is 5.75 Å². The fourth-order valence-corrected chi connectivity index (χ4v) is 4.48. The fraction of sp³-hybridized carbons (Fsp3) is 0.538. The van der Waals surface area contributed by atoms with Crippen LogP contribution < -0.4 is 9.73 Å². The van der Waals surface area contributed by atoms with Gasteiger partial charge in [0.1, 0.15) is 5.75 Å². The van der Waals surface area contributed by atoms with Crippen LogP contribution in [0.1, 0.15) is 13.8 Å². The zero-order valence-electron chi connectivity index (χ0n) is 11.1. The highest BCUT2D eigenvalue weighted by atomic mass is 31.1. The van der Waals surface area contributed by atoms with Crippen LogP contribution in [0.4, 0.5) is 0 Å². The molecule has 0 N–H and O–H groups in total. The molecule has 1 nitrogen and oxygen atoms in total. The molecule has 0 aromatic heterocycles. The van der Waals surface area contributed by atoms with Crippen molar-refractivity contribution >= 4 is 21.5 Å². The molecule has 0 saturated heterocycles. The van der Waals surface area contributed by atoms with Gasteiger partial charge in [-0.1, -0.05) is 40.0 Å². The summed E-state index contributed by atoms with van der Waals surface area (Å²) in [5, 5.41) is 1.45. The Hall–Kier alpha value is -0.333. The summed E-state index contributed by atoms with van der Waals surface area (Å²) >= 11 is 0. The van der Waals surface area contributed by atoms with Crippen LogP contribution in [0.2, 0.25) is 19.6 Å². The van der Waals surface area contributed by atoms with Crippen LogP contribution in [0.3, 0.4) is 0 Å². The van der Waals surface area contributed by atoms with Crippen molar-refractivity contribution < 1.29 is 4.43 Å². The fourth-order valence-electron chi connectivity index (χ4n) is 1.70. The van der Waals surface area contributed by atoms with Gasteiger partial charge in [-0.25, -0.2) is 0 Å². The Morgan fingerprint density at radius 1 is 1.06 bits per heavy atom. The number of hydrogen-bond donors (Lipinski definition) is 0. The molecular formula is C13H23OPSi. The molecule has 0 fully saturated rings. The van der Waals surface area contributed by atoms with E-state index in [-0.39, 0.29) is 7.92 Å². The predicted molar refractivity (Wildman–Crippen MR) is 78.1 cm³/mol. The van der Waals surface area contributed by atoms with Crippen LogP contribution in [0.15, 0.2) is 24.3 Å². The van der Waals surface area contributed by atoms with E-state index in [9.17, 15) is 0 Å². The Balaban J connectivity index is 3.00. The van der Waals surface area contributed by atoms with Gasteiger partial charge in [0.2, 0.25) is 8.32 Å².